The lowest BCUT2D eigenvalue weighted by Gasteiger charge is -2.23. The van der Waals surface area contributed by atoms with E-state index < -0.39 is 5.97 Å². The quantitative estimate of drug-likeness (QED) is 0.894. The number of carboxylic acids is 1. The van der Waals surface area contributed by atoms with Gasteiger partial charge in [0.2, 0.25) is 0 Å². The van der Waals surface area contributed by atoms with Gasteiger partial charge >= 0.3 is 5.97 Å². The highest BCUT2D eigenvalue weighted by Gasteiger charge is 2.11. The van der Waals surface area contributed by atoms with Gasteiger partial charge in [0.25, 0.3) is 0 Å². The van der Waals surface area contributed by atoms with Gasteiger partial charge < -0.3 is 10.0 Å². The molecule has 0 fully saturated rings. The van der Waals surface area contributed by atoms with Crippen molar-refractivity contribution in [3.8, 4) is 0 Å². The van der Waals surface area contributed by atoms with Gasteiger partial charge in [0.1, 0.15) is 6.54 Å². The predicted molar refractivity (Wildman–Crippen MR) is 70.9 cm³/mol. The minimum Gasteiger partial charge on any atom is -0.480 e. The highest BCUT2D eigenvalue weighted by atomic mass is 35.5. The molecule has 0 saturated heterocycles. The normalized spacial score (nSPS) is 11.4. The second kappa shape index (κ2) is 6.52. The maximum Gasteiger partial charge on any atom is 0.323 e. The van der Waals surface area contributed by atoms with Gasteiger partial charge in [-0.1, -0.05) is 23.2 Å². The zero-order valence-electron chi connectivity index (χ0n) is 9.36. The topological polar surface area (TPSA) is 40.5 Å². The van der Waals surface area contributed by atoms with Crippen LogP contribution in [0, 0.1) is 0 Å². The first kappa shape index (κ1) is 13.9. The Morgan fingerprint density at radius 2 is 1.94 bits per heavy atom. The van der Waals surface area contributed by atoms with E-state index in [4.69, 9.17) is 28.3 Å². The molecule has 0 amide bonds. The van der Waals surface area contributed by atoms with Gasteiger partial charge in [0, 0.05) is 22.8 Å². The van der Waals surface area contributed by atoms with Crippen LogP contribution >= 0.6 is 23.2 Å². The monoisotopic (exact) mass is 273 g/mol. The van der Waals surface area contributed by atoms with Crippen molar-refractivity contribution in [3.05, 3.63) is 40.4 Å². The van der Waals surface area contributed by atoms with Crippen LogP contribution in [0.1, 0.15) is 6.92 Å². The van der Waals surface area contributed by atoms with Crippen LogP contribution in [0.2, 0.25) is 5.02 Å². The number of anilines is 1. The van der Waals surface area contributed by atoms with Gasteiger partial charge in [-0.05, 0) is 36.8 Å². The molecular weight excluding hydrogens is 261 g/mol. The van der Waals surface area contributed by atoms with Crippen LogP contribution < -0.4 is 4.90 Å². The van der Waals surface area contributed by atoms with Gasteiger partial charge in [-0.25, -0.2) is 0 Å². The van der Waals surface area contributed by atoms with Crippen LogP contribution in [0.3, 0.4) is 0 Å². The van der Waals surface area contributed by atoms with E-state index in [9.17, 15) is 4.79 Å². The number of rotatable bonds is 5. The molecule has 0 aliphatic heterocycles. The minimum absolute atomic E-state index is 0.0797. The molecule has 0 aliphatic rings. The lowest BCUT2D eigenvalue weighted by molar-refractivity contribution is -0.135. The first-order valence-corrected chi connectivity index (χ1v) is 5.82. The summed E-state index contributed by atoms with van der Waals surface area (Å²) in [6.07, 6.45) is 0. The van der Waals surface area contributed by atoms with Crippen molar-refractivity contribution in [1.82, 2.24) is 0 Å². The van der Waals surface area contributed by atoms with Crippen molar-refractivity contribution in [2.75, 3.05) is 18.0 Å². The number of aliphatic carboxylic acids is 1. The van der Waals surface area contributed by atoms with E-state index in [1.165, 1.54) is 5.54 Å². The summed E-state index contributed by atoms with van der Waals surface area (Å²) >= 11 is 11.4. The second-order valence-electron chi connectivity index (χ2n) is 3.68. The van der Waals surface area contributed by atoms with Crippen molar-refractivity contribution in [2.45, 2.75) is 6.92 Å². The summed E-state index contributed by atoms with van der Waals surface area (Å²) in [6.45, 7) is 2.24. The van der Waals surface area contributed by atoms with E-state index in [-0.39, 0.29) is 6.54 Å². The van der Waals surface area contributed by atoms with Crippen LogP contribution in [-0.2, 0) is 4.79 Å². The van der Waals surface area contributed by atoms with Crippen molar-refractivity contribution >= 4 is 34.9 Å². The zero-order chi connectivity index (χ0) is 12.8. The third-order valence-corrected chi connectivity index (χ3v) is 2.77. The Balaban J connectivity index is 2.89. The van der Waals surface area contributed by atoms with E-state index in [1.807, 2.05) is 6.92 Å². The Labute approximate surface area is 110 Å². The number of nitrogens with zero attached hydrogens (tertiary/aromatic N) is 1. The first-order valence-electron chi connectivity index (χ1n) is 5.01. The van der Waals surface area contributed by atoms with Crippen molar-refractivity contribution < 1.29 is 9.90 Å². The van der Waals surface area contributed by atoms with Crippen LogP contribution in [-0.4, -0.2) is 24.2 Å². The molecule has 0 saturated carbocycles. The largest absolute Gasteiger partial charge is 0.480 e. The minimum atomic E-state index is -0.887. The maximum atomic E-state index is 10.8. The predicted octanol–water partition coefficient (Wildman–Crippen LogP) is 3.37. The van der Waals surface area contributed by atoms with E-state index in [1.54, 1.807) is 29.2 Å². The zero-order valence-corrected chi connectivity index (χ0v) is 10.9. The molecule has 5 heteroatoms. The number of benzene rings is 1. The fraction of sp³-hybridized carbons (Fsp3) is 0.250. The Hall–Kier alpha value is -1.19. The van der Waals surface area contributed by atoms with Gasteiger partial charge in [0.05, 0.1) is 0 Å². The molecule has 17 heavy (non-hydrogen) atoms. The first-order chi connectivity index (χ1) is 8.02. The molecule has 1 aromatic rings. The van der Waals surface area contributed by atoms with Crippen LogP contribution in [0.25, 0.3) is 0 Å². The van der Waals surface area contributed by atoms with E-state index in [2.05, 4.69) is 0 Å². The molecule has 1 aromatic carbocycles. The molecule has 3 nitrogen and oxygen atoms in total. The Morgan fingerprint density at radius 1 is 1.35 bits per heavy atom. The number of carboxylic acid groups (broad SMARTS) is 1. The molecule has 0 aliphatic carbocycles. The fourth-order valence-corrected chi connectivity index (χ4v) is 1.58. The number of carbonyl (C=O) groups is 1. The molecular formula is C12H13Cl2NO2. The molecule has 92 valence electrons. The smallest absolute Gasteiger partial charge is 0.323 e. The number of hydrogen-bond acceptors (Lipinski definition) is 2. The van der Waals surface area contributed by atoms with Crippen LogP contribution in [0.4, 0.5) is 5.69 Å². The van der Waals surface area contributed by atoms with Crippen molar-refractivity contribution in [2.24, 2.45) is 0 Å². The standard InChI is InChI=1S/C12H13Cl2NO2/c1-9(6-13)7-15(8-12(16)17)11-4-2-10(14)3-5-11/h2-6H,7-8H2,1H3,(H,16,17)/b9-6-. The second-order valence-corrected chi connectivity index (χ2v) is 4.34. The molecule has 0 heterocycles. The van der Waals surface area contributed by atoms with Crippen LogP contribution in [0.15, 0.2) is 35.4 Å². The fourth-order valence-electron chi connectivity index (χ4n) is 1.39. The van der Waals surface area contributed by atoms with Gasteiger partial charge in [-0.2, -0.15) is 0 Å². The Morgan fingerprint density at radius 3 is 2.41 bits per heavy atom. The van der Waals surface area contributed by atoms with Gasteiger partial charge in [-0.3, -0.25) is 4.79 Å². The molecule has 0 aromatic heterocycles. The van der Waals surface area contributed by atoms with Crippen molar-refractivity contribution in [1.29, 1.82) is 0 Å². The molecule has 0 spiro atoms. The highest BCUT2D eigenvalue weighted by Crippen LogP contribution is 2.19. The third kappa shape index (κ3) is 4.67. The lowest BCUT2D eigenvalue weighted by Crippen LogP contribution is -2.31. The third-order valence-electron chi connectivity index (χ3n) is 2.14. The van der Waals surface area contributed by atoms with Crippen LogP contribution in [0.5, 0.6) is 0 Å². The lowest BCUT2D eigenvalue weighted by atomic mass is 10.2. The average Bonchev–Trinajstić information content (AvgIpc) is 2.28. The molecule has 1 rings (SSSR count). The molecule has 1 N–H and O–H groups in total. The summed E-state index contributed by atoms with van der Waals surface area (Å²) in [4.78, 5) is 12.5. The van der Waals surface area contributed by atoms with E-state index in [0.29, 0.717) is 11.6 Å². The maximum absolute atomic E-state index is 10.8. The SMILES string of the molecule is C/C(=C/Cl)CN(CC(=O)O)c1ccc(Cl)cc1. The summed E-state index contributed by atoms with van der Waals surface area (Å²) < 4.78 is 0. The van der Waals surface area contributed by atoms with Crippen molar-refractivity contribution in [3.63, 3.8) is 0 Å². The summed E-state index contributed by atoms with van der Waals surface area (Å²) in [5.74, 6) is -0.887. The highest BCUT2D eigenvalue weighted by molar-refractivity contribution is 6.30. The van der Waals surface area contributed by atoms with E-state index >= 15 is 0 Å². The van der Waals surface area contributed by atoms with E-state index in [0.717, 1.165) is 11.3 Å². The molecule has 0 bridgehead atoms. The van der Waals surface area contributed by atoms with Gasteiger partial charge in [-0.15, -0.1) is 0 Å². The number of hydrogen-bond donors (Lipinski definition) is 1. The Bertz CT molecular complexity index is 415. The summed E-state index contributed by atoms with van der Waals surface area (Å²) in [6, 6.07) is 7.02. The summed E-state index contributed by atoms with van der Waals surface area (Å²) in [7, 11) is 0. The average molecular weight is 274 g/mol. The summed E-state index contributed by atoms with van der Waals surface area (Å²) in [5, 5.41) is 9.48. The number of halogens is 2. The summed E-state index contributed by atoms with van der Waals surface area (Å²) in [5.41, 5.74) is 3.14. The molecule has 0 radical (unpaired) electrons. The molecule has 0 unspecified atom stereocenters. The Kier molecular flexibility index (Phi) is 5.32. The molecule has 0 atom stereocenters. The van der Waals surface area contributed by atoms with Gasteiger partial charge in [0.15, 0.2) is 0 Å².